The molecule has 0 saturated heterocycles. The summed E-state index contributed by atoms with van der Waals surface area (Å²) in [4.78, 5) is 15.0. The molecule has 0 aliphatic rings. The van der Waals surface area contributed by atoms with Crippen molar-refractivity contribution >= 4 is 5.97 Å². The third-order valence-electron chi connectivity index (χ3n) is 1.61. The van der Waals surface area contributed by atoms with Gasteiger partial charge in [0.05, 0.1) is 21.3 Å². The fourth-order valence-corrected chi connectivity index (χ4v) is 0.913. The molecule has 0 aliphatic heterocycles. The van der Waals surface area contributed by atoms with Gasteiger partial charge in [0.2, 0.25) is 5.88 Å². The van der Waals surface area contributed by atoms with Gasteiger partial charge in [-0.3, -0.25) is 0 Å². The lowest BCUT2D eigenvalue weighted by molar-refractivity contribution is 0.0592. The molecule has 1 heterocycles. The number of hydrogen-bond donors (Lipinski definition) is 0. The van der Waals surface area contributed by atoms with Crippen LogP contribution in [-0.4, -0.2) is 32.3 Å². The Bertz CT molecular complexity index is 315. The van der Waals surface area contributed by atoms with E-state index >= 15 is 0 Å². The van der Waals surface area contributed by atoms with Crippen molar-refractivity contribution in [2.75, 3.05) is 21.3 Å². The second-order valence-corrected chi connectivity index (χ2v) is 2.43. The van der Waals surface area contributed by atoms with E-state index in [0.29, 0.717) is 11.6 Å². The largest absolute Gasteiger partial charge is 0.496 e. The van der Waals surface area contributed by atoms with Crippen LogP contribution in [0.15, 0.2) is 12.1 Å². The zero-order valence-electron chi connectivity index (χ0n) is 8.23. The smallest absolute Gasteiger partial charge is 0.356 e. The molecular weight excluding hydrogens is 186 g/mol. The number of methoxy groups -OCH3 is 3. The Hall–Kier alpha value is -1.78. The molecule has 0 fully saturated rings. The number of nitrogens with zero attached hydrogens (tertiary/aromatic N) is 1. The SMILES string of the molecule is COC(=O)c1cc(OC)cc(OC)n1. The molecule has 5 nitrogen and oxygen atoms in total. The van der Waals surface area contributed by atoms with Crippen molar-refractivity contribution < 1.29 is 19.0 Å². The van der Waals surface area contributed by atoms with E-state index < -0.39 is 5.97 Å². The molecule has 0 saturated carbocycles. The summed E-state index contributed by atoms with van der Waals surface area (Å²) in [5.74, 6) is 0.282. The van der Waals surface area contributed by atoms with Crippen molar-refractivity contribution in [2.45, 2.75) is 0 Å². The van der Waals surface area contributed by atoms with E-state index in [2.05, 4.69) is 9.72 Å². The van der Waals surface area contributed by atoms with E-state index in [-0.39, 0.29) is 5.69 Å². The molecule has 0 aromatic carbocycles. The van der Waals surface area contributed by atoms with Crippen LogP contribution in [0.1, 0.15) is 10.5 Å². The highest BCUT2D eigenvalue weighted by Crippen LogP contribution is 2.18. The molecule has 1 rings (SSSR count). The van der Waals surface area contributed by atoms with Gasteiger partial charge in [-0.2, -0.15) is 0 Å². The average molecular weight is 197 g/mol. The van der Waals surface area contributed by atoms with E-state index in [1.807, 2.05) is 0 Å². The first-order chi connectivity index (χ1) is 6.71. The molecule has 0 unspecified atom stereocenters. The van der Waals surface area contributed by atoms with Crippen LogP contribution in [0.4, 0.5) is 0 Å². The second-order valence-electron chi connectivity index (χ2n) is 2.43. The summed E-state index contributed by atoms with van der Waals surface area (Å²) in [6.07, 6.45) is 0. The highest BCUT2D eigenvalue weighted by Gasteiger charge is 2.11. The lowest BCUT2D eigenvalue weighted by Crippen LogP contribution is -2.05. The first-order valence-electron chi connectivity index (χ1n) is 3.89. The normalized spacial score (nSPS) is 9.36. The molecule has 14 heavy (non-hydrogen) atoms. The number of carbonyl (C=O) groups excluding carboxylic acids is 1. The molecule has 0 atom stereocenters. The summed E-state index contributed by atoms with van der Waals surface area (Å²) in [6.45, 7) is 0. The minimum atomic E-state index is -0.526. The van der Waals surface area contributed by atoms with Gasteiger partial charge in [-0.1, -0.05) is 0 Å². The van der Waals surface area contributed by atoms with Crippen LogP contribution in [0.5, 0.6) is 11.6 Å². The minimum Gasteiger partial charge on any atom is -0.496 e. The average Bonchev–Trinajstić information content (AvgIpc) is 2.27. The Labute approximate surface area is 81.6 Å². The van der Waals surface area contributed by atoms with E-state index in [0.717, 1.165) is 0 Å². The summed E-state index contributed by atoms with van der Waals surface area (Å²) in [5, 5.41) is 0. The van der Waals surface area contributed by atoms with Crippen LogP contribution in [-0.2, 0) is 4.74 Å². The Kier molecular flexibility index (Phi) is 3.28. The standard InChI is InChI=1S/C9H11NO4/c1-12-6-4-7(9(11)14-3)10-8(5-6)13-2/h4-5H,1-3H3. The van der Waals surface area contributed by atoms with Gasteiger partial charge in [0.25, 0.3) is 0 Å². The number of esters is 1. The van der Waals surface area contributed by atoms with Gasteiger partial charge in [-0.25, -0.2) is 9.78 Å². The quantitative estimate of drug-likeness (QED) is 0.673. The molecule has 76 valence electrons. The molecule has 5 heteroatoms. The van der Waals surface area contributed by atoms with Crippen molar-refractivity contribution in [1.82, 2.24) is 4.98 Å². The maximum atomic E-state index is 11.2. The van der Waals surface area contributed by atoms with Gasteiger partial charge >= 0.3 is 5.97 Å². The van der Waals surface area contributed by atoms with E-state index in [1.54, 1.807) is 6.07 Å². The lowest BCUT2D eigenvalue weighted by atomic mass is 10.3. The minimum absolute atomic E-state index is 0.156. The Morgan fingerprint density at radius 2 is 1.93 bits per heavy atom. The molecule has 1 aromatic heterocycles. The van der Waals surface area contributed by atoms with Crippen molar-refractivity contribution in [3.8, 4) is 11.6 Å². The number of aromatic nitrogens is 1. The highest BCUT2D eigenvalue weighted by atomic mass is 16.5. The Morgan fingerprint density at radius 3 is 2.43 bits per heavy atom. The summed E-state index contributed by atoms with van der Waals surface area (Å²) in [6, 6.07) is 3.06. The van der Waals surface area contributed by atoms with Crippen LogP contribution < -0.4 is 9.47 Å². The summed E-state index contributed by atoms with van der Waals surface area (Å²) < 4.78 is 14.4. The second kappa shape index (κ2) is 4.45. The summed E-state index contributed by atoms with van der Waals surface area (Å²) in [5.41, 5.74) is 0.156. The number of ether oxygens (including phenoxy) is 3. The number of carbonyl (C=O) groups is 1. The lowest BCUT2D eigenvalue weighted by Gasteiger charge is -2.05. The zero-order valence-corrected chi connectivity index (χ0v) is 8.23. The highest BCUT2D eigenvalue weighted by molar-refractivity contribution is 5.87. The molecule has 0 aliphatic carbocycles. The Balaban J connectivity index is 3.10. The van der Waals surface area contributed by atoms with E-state index in [1.165, 1.54) is 27.4 Å². The molecule has 0 N–H and O–H groups in total. The topological polar surface area (TPSA) is 57.7 Å². The monoisotopic (exact) mass is 197 g/mol. The van der Waals surface area contributed by atoms with Gasteiger partial charge in [0.15, 0.2) is 5.69 Å². The van der Waals surface area contributed by atoms with Gasteiger partial charge in [0.1, 0.15) is 5.75 Å². The molecule has 1 aromatic rings. The first kappa shape index (κ1) is 10.3. The number of hydrogen-bond acceptors (Lipinski definition) is 5. The van der Waals surface area contributed by atoms with Crippen molar-refractivity contribution in [3.05, 3.63) is 17.8 Å². The van der Waals surface area contributed by atoms with Crippen molar-refractivity contribution in [2.24, 2.45) is 0 Å². The maximum absolute atomic E-state index is 11.2. The molecule has 0 radical (unpaired) electrons. The fraction of sp³-hybridized carbons (Fsp3) is 0.333. The maximum Gasteiger partial charge on any atom is 0.356 e. The van der Waals surface area contributed by atoms with Crippen LogP contribution >= 0.6 is 0 Å². The predicted octanol–water partition coefficient (Wildman–Crippen LogP) is 0.885. The third kappa shape index (κ3) is 2.12. The van der Waals surface area contributed by atoms with Gasteiger partial charge in [-0.15, -0.1) is 0 Å². The van der Waals surface area contributed by atoms with Crippen LogP contribution in [0.3, 0.4) is 0 Å². The van der Waals surface area contributed by atoms with Gasteiger partial charge < -0.3 is 14.2 Å². The molecule has 0 amide bonds. The predicted molar refractivity (Wildman–Crippen MR) is 48.7 cm³/mol. The molecule has 0 bridgehead atoms. The van der Waals surface area contributed by atoms with Crippen molar-refractivity contribution in [1.29, 1.82) is 0 Å². The zero-order chi connectivity index (χ0) is 10.6. The van der Waals surface area contributed by atoms with Crippen LogP contribution in [0.25, 0.3) is 0 Å². The fourth-order valence-electron chi connectivity index (χ4n) is 0.913. The first-order valence-corrected chi connectivity index (χ1v) is 3.89. The van der Waals surface area contributed by atoms with Gasteiger partial charge in [-0.05, 0) is 0 Å². The number of pyridine rings is 1. The van der Waals surface area contributed by atoms with Gasteiger partial charge in [0, 0.05) is 12.1 Å². The van der Waals surface area contributed by atoms with Crippen LogP contribution in [0.2, 0.25) is 0 Å². The third-order valence-corrected chi connectivity index (χ3v) is 1.61. The van der Waals surface area contributed by atoms with E-state index in [4.69, 9.17) is 9.47 Å². The Morgan fingerprint density at radius 1 is 1.21 bits per heavy atom. The van der Waals surface area contributed by atoms with Crippen molar-refractivity contribution in [3.63, 3.8) is 0 Å². The molecular formula is C9H11NO4. The summed E-state index contributed by atoms with van der Waals surface area (Å²) >= 11 is 0. The van der Waals surface area contributed by atoms with E-state index in [9.17, 15) is 4.79 Å². The molecule has 0 spiro atoms. The summed E-state index contributed by atoms with van der Waals surface area (Å²) in [7, 11) is 4.24. The van der Waals surface area contributed by atoms with Crippen LogP contribution in [0, 0.1) is 0 Å². The number of rotatable bonds is 3.